The summed E-state index contributed by atoms with van der Waals surface area (Å²) in [6.07, 6.45) is 6.60. The number of hydrogen-bond donors (Lipinski definition) is 1. The molecule has 6 heteroatoms. The fraction of sp³-hybridized carbons (Fsp3) is 0.333. The van der Waals surface area contributed by atoms with E-state index in [0.29, 0.717) is 28.5 Å². The van der Waals surface area contributed by atoms with Gasteiger partial charge in [-0.05, 0) is 49.3 Å². The molecular weight excluding hydrogens is 412 g/mol. The Kier molecular flexibility index (Phi) is 5.67. The lowest BCUT2D eigenvalue weighted by atomic mass is 9.99. The summed E-state index contributed by atoms with van der Waals surface area (Å²) >= 11 is 0. The molecule has 0 bridgehead atoms. The van der Waals surface area contributed by atoms with Gasteiger partial charge < -0.3 is 5.32 Å². The Bertz CT molecular complexity index is 1310. The summed E-state index contributed by atoms with van der Waals surface area (Å²) in [5.41, 5.74) is 2.97. The zero-order valence-corrected chi connectivity index (χ0v) is 19.0. The van der Waals surface area contributed by atoms with Crippen molar-refractivity contribution in [3.05, 3.63) is 70.5 Å². The molecule has 1 unspecified atom stereocenters. The fourth-order valence-electron chi connectivity index (χ4n) is 4.66. The second-order valence-electron chi connectivity index (χ2n) is 9.23. The number of aromatic nitrogens is 2. The first-order valence-corrected chi connectivity index (χ1v) is 11.7. The Morgan fingerprint density at radius 1 is 1.06 bits per heavy atom. The Morgan fingerprint density at radius 2 is 1.79 bits per heavy atom. The van der Waals surface area contributed by atoms with Gasteiger partial charge in [-0.2, -0.15) is 5.10 Å². The molecule has 0 spiro atoms. The highest BCUT2D eigenvalue weighted by molar-refractivity contribution is 6.18. The van der Waals surface area contributed by atoms with Crippen LogP contribution in [0, 0.1) is 11.8 Å². The summed E-state index contributed by atoms with van der Waals surface area (Å²) < 4.78 is 1.73. The van der Waals surface area contributed by atoms with Gasteiger partial charge in [0.2, 0.25) is 0 Å². The SMILES string of the molecule is CC(C)C(C1CC1)n1nc(-c2ccc(NC(=O)C3=CCCN=C3)cc2)c2ccccc2c1=O. The van der Waals surface area contributed by atoms with Crippen LogP contribution < -0.4 is 10.9 Å². The minimum absolute atomic E-state index is 0.0220. The highest BCUT2D eigenvalue weighted by Gasteiger charge is 2.36. The normalized spacial score (nSPS) is 16.6. The molecule has 3 aromatic rings. The van der Waals surface area contributed by atoms with E-state index in [4.69, 9.17) is 5.10 Å². The Hall–Kier alpha value is -3.54. The van der Waals surface area contributed by atoms with Gasteiger partial charge in [0.25, 0.3) is 11.5 Å². The number of benzene rings is 2. The molecule has 1 aliphatic carbocycles. The number of aliphatic imine (C=N–C) groups is 1. The first kappa shape index (κ1) is 21.3. The molecule has 0 saturated heterocycles. The van der Waals surface area contributed by atoms with Gasteiger partial charge >= 0.3 is 0 Å². The number of carbonyl (C=O) groups excluding carboxylic acids is 1. The van der Waals surface area contributed by atoms with Crippen molar-refractivity contribution >= 4 is 28.6 Å². The van der Waals surface area contributed by atoms with Crippen molar-refractivity contribution in [3.8, 4) is 11.3 Å². The second-order valence-corrected chi connectivity index (χ2v) is 9.23. The molecule has 1 saturated carbocycles. The maximum absolute atomic E-state index is 13.4. The smallest absolute Gasteiger partial charge is 0.274 e. The predicted molar refractivity (Wildman–Crippen MR) is 133 cm³/mol. The summed E-state index contributed by atoms with van der Waals surface area (Å²) in [6, 6.07) is 15.4. The van der Waals surface area contributed by atoms with Crippen LogP contribution in [0.5, 0.6) is 0 Å². The van der Waals surface area contributed by atoms with Crippen LogP contribution in [-0.4, -0.2) is 28.4 Å². The second kappa shape index (κ2) is 8.77. The largest absolute Gasteiger partial charge is 0.322 e. The van der Waals surface area contributed by atoms with Crippen LogP contribution in [0.4, 0.5) is 5.69 Å². The molecule has 5 rings (SSSR count). The van der Waals surface area contributed by atoms with E-state index in [2.05, 4.69) is 24.2 Å². The molecule has 1 aliphatic heterocycles. The monoisotopic (exact) mass is 440 g/mol. The van der Waals surface area contributed by atoms with Crippen molar-refractivity contribution in [2.24, 2.45) is 16.8 Å². The van der Waals surface area contributed by atoms with Gasteiger partial charge in [0, 0.05) is 29.4 Å². The van der Waals surface area contributed by atoms with Gasteiger partial charge in [0.15, 0.2) is 0 Å². The van der Waals surface area contributed by atoms with Gasteiger partial charge in [0.1, 0.15) is 0 Å². The molecule has 6 nitrogen and oxygen atoms in total. The zero-order chi connectivity index (χ0) is 22.9. The number of rotatable bonds is 6. The molecule has 33 heavy (non-hydrogen) atoms. The lowest BCUT2D eigenvalue weighted by Crippen LogP contribution is -2.32. The average Bonchev–Trinajstić information content (AvgIpc) is 3.67. The number of nitrogens with zero attached hydrogens (tertiary/aromatic N) is 3. The lowest BCUT2D eigenvalue weighted by molar-refractivity contribution is -0.112. The average molecular weight is 441 g/mol. The molecule has 0 radical (unpaired) electrons. The number of hydrogen-bond acceptors (Lipinski definition) is 4. The molecule has 2 aromatic carbocycles. The van der Waals surface area contributed by atoms with Gasteiger partial charge in [-0.3, -0.25) is 14.6 Å². The van der Waals surface area contributed by atoms with Crippen LogP contribution in [0.1, 0.15) is 39.2 Å². The van der Waals surface area contributed by atoms with Gasteiger partial charge in [-0.25, -0.2) is 4.68 Å². The van der Waals surface area contributed by atoms with Crippen molar-refractivity contribution < 1.29 is 4.79 Å². The molecule has 1 aromatic heterocycles. The van der Waals surface area contributed by atoms with E-state index in [-0.39, 0.29) is 17.5 Å². The summed E-state index contributed by atoms with van der Waals surface area (Å²) in [6.45, 7) is 5.05. The highest BCUT2D eigenvalue weighted by Crippen LogP contribution is 2.43. The third kappa shape index (κ3) is 4.25. The van der Waals surface area contributed by atoms with Crippen molar-refractivity contribution in [2.45, 2.75) is 39.2 Å². The van der Waals surface area contributed by atoms with Crippen LogP contribution in [0.25, 0.3) is 22.0 Å². The maximum Gasteiger partial charge on any atom is 0.274 e. The summed E-state index contributed by atoms with van der Waals surface area (Å²) in [5, 5.41) is 9.37. The summed E-state index contributed by atoms with van der Waals surface area (Å²) in [7, 11) is 0. The number of dihydropyridines is 1. The predicted octanol–water partition coefficient (Wildman–Crippen LogP) is 5.01. The number of nitrogens with one attached hydrogen (secondary N) is 1. The molecule has 1 amide bonds. The van der Waals surface area contributed by atoms with Crippen molar-refractivity contribution in [1.82, 2.24) is 9.78 Å². The molecule has 1 atom stereocenters. The number of anilines is 1. The number of carbonyl (C=O) groups is 1. The lowest BCUT2D eigenvalue weighted by Gasteiger charge is -2.23. The molecule has 1 fully saturated rings. The minimum Gasteiger partial charge on any atom is -0.322 e. The van der Waals surface area contributed by atoms with Gasteiger partial charge in [-0.1, -0.05) is 50.3 Å². The van der Waals surface area contributed by atoms with E-state index >= 15 is 0 Å². The summed E-state index contributed by atoms with van der Waals surface area (Å²) in [4.78, 5) is 30.0. The molecule has 2 aliphatic rings. The van der Waals surface area contributed by atoms with E-state index in [9.17, 15) is 9.59 Å². The third-order valence-electron chi connectivity index (χ3n) is 6.43. The zero-order valence-electron chi connectivity index (χ0n) is 19.0. The van der Waals surface area contributed by atoms with Crippen molar-refractivity contribution in [1.29, 1.82) is 0 Å². The topological polar surface area (TPSA) is 76.3 Å². The Balaban J connectivity index is 1.52. The molecule has 168 valence electrons. The summed E-state index contributed by atoms with van der Waals surface area (Å²) in [5.74, 6) is 0.680. The van der Waals surface area contributed by atoms with Gasteiger partial charge in [-0.15, -0.1) is 0 Å². The molecule has 1 N–H and O–H groups in total. The van der Waals surface area contributed by atoms with Crippen LogP contribution in [0.15, 0.2) is 70.0 Å². The highest BCUT2D eigenvalue weighted by atomic mass is 16.1. The standard InChI is InChI=1S/C27H28N4O2/c1-17(2)25(19-9-10-19)31-27(33)23-8-4-3-7-22(23)24(30-31)18-11-13-21(14-12-18)29-26(32)20-6-5-15-28-16-20/h3-4,6-8,11-14,16-17,19,25H,5,9-10,15H2,1-2H3,(H,29,32). The van der Waals surface area contributed by atoms with Crippen molar-refractivity contribution in [3.63, 3.8) is 0 Å². The van der Waals surface area contributed by atoms with E-state index in [0.717, 1.165) is 42.5 Å². The maximum atomic E-state index is 13.4. The Labute approximate surface area is 193 Å². The number of fused-ring (bicyclic) bond motifs is 1. The first-order valence-electron chi connectivity index (χ1n) is 11.7. The molecule has 2 heterocycles. The first-order chi connectivity index (χ1) is 16.0. The number of amides is 1. The quantitative estimate of drug-likeness (QED) is 0.585. The van der Waals surface area contributed by atoms with Gasteiger partial charge in [0.05, 0.1) is 22.7 Å². The minimum atomic E-state index is -0.160. The van der Waals surface area contributed by atoms with Crippen LogP contribution in [0.3, 0.4) is 0 Å². The van der Waals surface area contributed by atoms with Crippen molar-refractivity contribution in [2.75, 3.05) is 11.9 Å². The van der Waals surface area contributed by atoms with E-state index in [1.54, 1.807) is 10.9 Å². The van der Waals surface area contributed by atoms with Crippen LogP contribution in [0.2, 0.25) is 0 Å². The van der Waals surface area contributed by atoms with E-state index in [1.165, 1.54) is 0 Å². The van der Waals surface area contributed by atoms with Crippen LogP contribution >= 0.6 is 0 Å². The van der Waals surface area contributed by atoms with E-state index < -0.39 is 0 Å². The fourth-order valence-corrected chi connectivity index (χ4v) is 4.66. The van der Waals surface area contributed by atoms with Crippen LogP contribution in [-0.2, 0) is 4.79 Å². The Morgan fingerprint density at radius 3 is 2.42 bits per heavy atom. The third-order valence-corrected chi connectivity index (χ3v) is 6.43. The van der Waals surface area contributed by atoms with E-state index in [1.807, 2.05) is 54.6 Å². The molecular formula is C27H28N4O2.